The summed E-state index contributed by atoms with van der Waals surface area (Å²) in [5, 5.41) is 20.4. The summed E-state index contributed by atoms with van der Waals surface area (Å²) < 4.78 is 0. The maximum Gasteiger partial charge on any atom is 0.247 e. The number of aliphatic hydroxyl groups is 1. The molecule has 0 aromatic heterocycles. The Bertz CT molecular complexity index is 1720. The van der Waals surface area contributed by atoms with Crippen molar-refractivity contribution in [2.75, 3.05) is 40.3 Å². The normalized spacial score (nSPS) is 15.8. The molecule has 4 bridgehead atoms. The maximum absolute atomic E-state index is 13.7. The fourth-order valence-corrected chi connectivity index (χ4v) is 7.17. The van der Waals surface area contributed by atoms with Gasteiger partial charge < -0.3 is 41.9 Å². The molecule has 59 heavy (non-hydrogen) atoms. The van der Waals surface area contributed by atoms with Gasteiger partial charge in [-0.15, -0.1) is 0 Å². The van der Waals surface area contributed by atoms with Crippen molar-refractivity contribution in [1.29, 1.82) is 0 Å². The van der Waals surface area contributed by atoms with Crippen LogP contribution in [0.3, 0.4) is 0 Å². The Morgan fingerprint density at radius 1 is 0.847 bits per heavy atom. The summed E-state index contributed by atoms with van der Waals surface area (Å²) in [6.45, 7) is 4.80. The fraction of sp³-hybridized carbons (Fsp3) is 0.556. The number of unbranched alkanes of at least 4 members (excludes halogenated alkanes) is 12. The van der Waals surface area contributed by atoms with E-state index in [4.69, 9.17) is 5.73 Å². The van der Waals surface area contributed by atoms with Crippen molar-refractivity contribution in [3.05, 3.63) is 71.9 Å². The smallest absolute Gasteiger partial charge is 0.247 e. The summed E-state index contributed by atoms with van der Waals surface area (Å²) >= 11 is 0. The van der Waals surface area contributed by atoms with E-state index in [1.165, 1.54) is 69.7 Å². The molecular weight excluding hydrogens is 751 g/mol. The number of nitrogens with one attached hydrogen (secondary N) is 4. The van der Waals surface area contributed by atoms with Gasteiger partial charge >= 0.3 is 0 Å². The van der Waals surface area contributed by atoms with Gasteiger partial charge in [-0.05, 0) is 34.7 Å². The molecule has 0 fully saturated rings. The van der Waals surface area contributed by atoms with E-state index in [0.717, 1.165) is 36.0 Å². The van der Waals surface area contributed by atoms with Gasteiger partial charge in [-0.1, -0.05) is 133 Å². The number of nitrogens with two attached hydrogens (primary N) is 1. The highest BCUT2D eigenvalue weighted by Gasteiger charge is 2.29. The molecule has 0 aliphatic carbocycles. The van der Waals surface area contributed by atoms with Crippen LogP contribution >= 0.6 is 0 Å². The third kappa shape index (κ3) is 16.5. The zero-order valence-electron chi connectivity index (χ0n) is 35.4. The standard InChI is InChI=1S/C45H67N7O7/c1-5-6-7-8-9-10-11-12-13-14-15-16-17-24-41(56)52(4)38(31-53)44(58)48-29-39(54)47-28-32(2)51(3)42-36-23-19-22-35(27-36)34-21-18-20-33(25-34)26-37(43(46)57)50-40(55)30-49-45(42)59/h18-23,25,27,37-38,42,53H,2,5-17,24,26,28-31H2,1,3-4H3,(H2,46,57)(H,47,54)(H,48,58)(H,49,59)(H,50,55). The molecule has 6 amide bonds. The predicted molar refractivity (Wildman–Crippen MR) is 229 cm³/mol. The van der Waals surface area contributed by atoms with E-state index in [9.17, 15) is 33.9 Å². The molecule has 0 saturated carbocycles. The number of amides is 6. The average molecular weight is 818 g/mol. The van der Waals surface area contributed by atoms with Gasteiger partial charge in [-0.3, -0.25) is 28.8 Å². The zero-order valence-corrected chi connectivity index (χ0v) is 35.4. The van der Waals surface area contributed by atoms with E-state index < -0.39 is 67.4 Å². The Kier molecular flexibility index (Phi) is 21.2. The second-order valence-electron chi connectivity index (χ2n) is 15.5. The molecule has 3 unspecified atom stereocenters. The van der Waals surface area contributed by atoms with Crippen LogP contribution in [-0.4, -0.2) is 103 Å². The number of nitrogens with zero attached hydrogens (tertiary/aromatic N) is 2. The summed E-state index contributed by atoms with van der Waals surface area (Å²) in [5.74, 6) is -3.28. The first-order valence-corrected chi connectivity index (χ1v) is 21.2. The minimum absolute atomic E-state index is 0.0849. The van der Waals surface area contributed by atoms with Crippen LogP contribution in [-0.2, 0) is 35.2 Å². The second-order valence-corrected chi connectivity index (χ2v) is 15.5. The van der Waals surface area contributed by atoms with E-state index in [1.54, 1.807) is 18.0 Å². The van der Waals surface area contributed by atoms with Crippen LogP contribution in [0.2, 0.25) is 0 Å². The topological polar surface area (TPSA) is 203 Å². The zero-order chi connectivity index (χ0) is 43.2. The molecular formula is C45H67N7O7. The fourth-order valence-electron chi connectivity index (χ4n) is 7.17. The molecule has 1 heterocycles. The Labute approximate surface area is 350 Å². The van der Waals surface area contributed by atoms with Crippen molar-refractivity contribution in [2.24, 2.45) is 5.73 Å². The summed E-state index contributed by atoms with van der Waals surface area (Å²) in [5.41, 5.74) is 8.97. The first-order valence-electron chi connectivity index (χ1n) is 21.2. The highest BCUT2D eigenvalue weighted by atomic mass is 16.3. The number of carbonyl (C=O) groups is 6. The molecule has 0 radical (unpaired) electrons. The van der Waals surface area contributed by atoms with E-state index in [-0.39, 0.29) is 25.3 Å². The van der Waals surface area contributed by atoms with Crippen LogP contribution in [0.4, 0.5) is 0 Å². The van der Waals surface area contributed by atoms with Gasteiger partial charge in [0.1, 0.15) is 18.1 Å². The van der Waals surface area contributed by atoms with Crippen molar-refractivity contribution < 1.29 is 33.9 Å². The average Bonchev–Trinajstić information content (AvgIpc) is 3.22. The van der Waals surface area contributed by atoms with E-state index >= 15 is 0 Å². The number of aliphatic hydroxyl groups excluding tert-OH is 1. The molecule has 7 N–H and O–H groups in total. The van der Waals surface area contributed by atoms with Crippen molar-refractivity contribution in [3.63, 3.8) is 0 Å². The summed E-state index contributed by atoms with van der Waals surface area (Å²) in [6, 6.07) is 11.7. The van der Waals surface area contributed by atoms with Crippen LogP contribution in [0.25, 0.3) is 11.1 Å². The number of fused-ring (bicyclic) bond motifs is 5. The van der Waals surface area contributed by atoms with Crippen molar-refractivity contribution >= 4 is 35.4 Å². The molecule has 1 aliphatic rings. The summed E-state index contributed by atoms with van der Waals surface area (Å²) in [7, 11) is 3.11. The number of benzene rings is 2. The molecule has 3 atom stereocenters. The Morgan fingerprint density at radius 2 is 1.44 bits per heavy atom. The summed E-state index contributed by atoms with van der Waals surface area (Å²) in [6.07, 6.45) is 16.0. The van der Waals surface area contributed by atoms with Gasteiger partial charge in [0, 0.05) is 32.6 Å². The van der Waals surface area contributed by atoms with Crippen molar-refractivity contribution in [1.82, 2.24) is 31.1 Å². The molecule has 1 aliphatic heterocycles. The van der Waals surface area contributed by atoms with Gasteiger partial charge in [0.25, 0.3) is 0 Å². The lowest BCUT2D eigenvalue weighted by molar-refractivity contribution is -0.140. The SMILES string of the molecule is C=C(CNC(=O)CNC(=O)C(CO)N(C)C(=O)CCCCCCCCCCCCCCC)N(C)C1C(=O)NCC(=O)NC(C(N)=O)Cc2cccc(c2)-c2cccc1c2. The van der Waals surface area contributed by atoms with Gasteiger partial charge in [-0.25, -0.2) is 0 Å². The Morgan fingerprint density at radius 3 is 2.05 bits per heavy atom. The van der Waals surface area contributed by atoms with Gasteiger partial charge in [-0.2, -0.15) is 0 Å². The van der Waals surface area contributed by atoms with E-state index in [2.05, 4.69) is 34.8 Å². The first kappa shape index (κ1) is 48.1. The lowest BCUT2D eigenvalue weighted by atomic mass is 9.95. The van der Waals surface area contributed by atoms with Crippen LogP contribution in [0.5, 0.6) is 0 Å². The molecule has 14 nitrogen and oxygen atoms in total. The van der Waals surface area contributed by atoms with E-state index in [0.29, 0.717) is 17.7 Å². The molecule has 0 spiro atoms. The maximum atomic E-state index is 13.7. The Balaban J connectivity index is 1.49. The number of hydrogen-bond acceptors (Lipinski definition) is 8. The van der Waals surface area contributed by atoms with Crippen LogP contribution < -0.4 is 27.0 Å². The van der Waals surface area contributed by atoms with Crippen LogP contribution in [0, 0.1) is 0 Å². The second kappa shape index (κ2) is 26.0. The van der Waals surface area contributed by atoms with Crippen LogP contribution in [0.15, 0.2) is 60.8 Å². The molecule has 324 valence electrons. The van der Waals surface area contributed by atoms with E-state index in [1.807, 2.05) is 42.5 Å². The molecule has 3 rings (SSSR count). The Hall–Kier alpha value is -5.24. The minimum Gasteiger partial charge on any atom is -0.394 e. The number of hydrogen-bond donors (Lipinski definition) is 6. The third-order valence-corrected chi connectivity index (χ3v) is 10.9. The highest BCUT2D eigenvalue weighted by Crippen LogP contribution is 2.29. The number of likely N-dealkylation sites (N-methyl/N-ethyl adjacent to an activating group) is 2. The monoisotopic (exact) mass is 818 g/mol. The van der Waals surface area contributed by atoms with Gasteiger partial charge in [0.05, 0.1) is 26.2 Å². The van der Waals surface area contributed by atoms with Crippen molar-refractivity contribution in [2.45, 2.75) is 121 Å². The largest absolute Gasteiger partial charge is 0.394 e. The number of primary amides is 1. The number of rotatable bonds is 24. The molecule has 2 aromatic rings. The molecule has 2 aromatic carbocycles. The minimum atomic E-state index is -1.14. The van der Waals surface area contributed by atoms with Crippen LogP contribution in [0.1, 0.15) is 114 Å². The third-order valence-electron chi connectivity index (χ3n) is 10.9. The first-order chi connectivity index (χ1) is 28.4. The predicted octanol–water partition coefficient (Wildman–Crippen LogP) is 4.02. The van der Waals surface area contributed by atoms with Crippen molar-refractivity contribution in [3.8, 4) is 11.1 Å². The molecule has 0 saturated heterocycles. The summed E-state index contributed by atoms with van der Waals surface area (Å²) in [4.78, 5) is 80.1. The highest BCUT2D eigenvalue weighted by molar-refractivity contribution is 5.92. The van der Waals surface area contributed by atoms with Gasteiger partial charge in [0.15, 0.2) is 0 Å². The lowest BCUT2D eigenvalue weighted by Gasteiger charge is -2.31. The van der Waals surface area contributed by atoms with Gasteiger partial charge in [0.2, 0.25) is 35.4 Å². The molecule has 14 heteroatoms. The quantitative estimate of drug-likeness (QED) is 0.0853. The lowest BCUT2D eigenvalue weighted by Crippen LogP contribution is -2.51. The number of carbonyl (C=O) groups excluding carboxylic acids is 6.